The van der Waals surface area contributed by atoms with Crippen LogP contribution < -0.4 is 10.6 Å². The van der Waals surface area contributed by atoms with Gasteiger partial charge < -0.3 is 10.6 Å². The molecular formula is C14H19N3S. The first-order valence-electron chi connectivity index (χ1n) is 6.66. The Bertz CT molecular complexity index is 541. The lowest BCUT2D eigenvalue weighted by molar-refractivity contribution is 0.395. The molecule has 0 spiro atoms. The van der Waals surface area contributed by atoms with Gasteiger partial charge in [0.15, 0.2) is 0 Å². The minimum absolute atomic E-state index is 0.851. The Morgan fingerprint density at radius 3 is 2.89 bits per heavy atom. The van der Waals surface area contributed by atoms with Crippen LogP contribution in [0, 0.1) is 5.92 Å². The largest absolute Gasteiger partial charge is 0.395 e. The topological polar surface area (TPSA) is 42.2 Å². The van der Waals surface area contributed by atoms with Crippen LogP contribution in [0.2, 0.25) is 0 Å². The van der Waals surface area contributed by atoms with Crippen molar-refractivity contribution < 1.29 is 0 Å². The van der Waals surface area contributed by atoms with Crippen molar-refractivity contribution in [3.63, 3.8) is 0 Å². The van der Waals surface area contributed by atoms with Crippen LogP contribution in [0.25, 0.3) is 10.2 Å². The predicted octanol–water partition coefficient (Wildman–Crippen LogP) is 3.50. The summed E-state index contributed by atoms with van der Waals surface area (Å²) in [5.74, 6) is 0.894. The molecule has 0 atom stereocenters. The molecule has 1 aromatic heterocycles. The van der Waals surface area contributed by atoms with E-state index in [-0.39, 0.29) is 0 Å². The summed E-state index contributed by atoms with van der Waals surface area (Å²) in [7, 11) is 0. The van der Waals surface area contributed by atoms with Gasteiger partial charge in [0.05, 0.1) is 21.6 Å². The van der Waals surface area contributed by atoms with E-state index in [1.54, 1.807) is 11.3 Å². The summed E-state index contributed by atoms with van der Waals surface area (Å²) in [4.78, 5) is 6.79. The van der Waals surface area contributed by atoms with E-state index in [4.69, 9.17) is 5.73 Å². The van der Waals surface area contributed by atoms with Crippen molar-refractivity contribution in [3.05, 3.63) is 17.6 Å². The Labute approximate surface area is 112 Å². The molecule has 1 saturated heterocycles. The summed E-state index contributed by atoms with van der Waals surface area (Å²) in [5.41, 5.74) is 11.1. The van der Waals surface area contributed by atoms with Crippen LogP contribution in [-0.2, 0) is 0 Å². The molecule has 2 aromatic rings. The molecule has 1 fully saturated rings. The third-order valence-corrected chi connectivity index (χ3v) is 4.85. The van der Waals surface area contributed by atoms with E-state index in [0.717, 1.165) is 30.2 Å². The van der Waals surface area contributed by atoms with Crippen LogP contribution in [0.3, 0.4) is 0 Å². The fourth-order valence-corrected chi connectivity index (χ4v) is 3.49. The monoisotopic (exact) mass is 261 g/mol. The molecule has 4 heteroatoms. The number of piperidine rings is 1. The first-order valence-corrected chi connectivity index (χ1v) is 7.54. The van der Waals surface area contributed by atoms with E-state index >= 15 is 0 Å². The summed E-state index contributed by atoms with van der Waals surface area (Å²) in [5, 5.41) is 0. The second kappa shape index (κ2) is 4.76. The van der Waals surface area contributed by atoms with Gasteiger partial charge in [0.2, 0.25) is 0 Å². The standard InChI is InChI=1S/C14H19N3S/c1-2-10-5-7-17(8-6-10)11-3-4-12-14(13(11)15)16-9-18-12/h3-4,9-10H,2,5-8,15H2,1H3. The first kappa shape index (κ1) is 11.8. The number of nitrogen functional groups attached to an aromatic ring is 1. The molecule has 1 aliphatic heterocycles. The Balaban J connectivity index is 1.88. The number of rotatable bonds is 2. The van der Waals surface area contributed by atoms with Crippen molar-refractivity contribution in [2.75, 3.05) is 23.7 Å². The molecule has 2 heterocycles. The third kappa shape index (κ3) is 1.94. The molecule has 1 aliphatic rings. The Morgan fingerprint density at radius 2 is 2.17 bits per heavy atom. The van der Waals surface area contributed by atoms with Crippen LogP contribution >= 0.6 is 11.3 Å². The molecule has 0 aliphatic carbocycles. The lowest BCUT2D eigenvalue weighted by Gasteiger charge is -2.33. The lowest BCUT2D eigenvalue weighted by atomic mass is 9.94. The van der Waals surface area contributed by atoms with Gasteiger partial charge in [-0.2, -0.15) is 0 Å². The van der Waals surface area contributed by atoms with E-state index in [1.807, 2.05) is 5.51 Å². The van der Waals surface area contributed by atoms with Gasteiger partial charge in [-0.1, -0.05) is 13.3 Å². The minimum Gasteiger partial charge on any atom is -0.395 e. The number of nitrogens with two attached hydrogens (primary N) is 1. The van der Waals surface area contributed by atoms with Gasteiger partial charge in [-0.15, -0.1) is 11.3 Å². The molecule has 0 saturated carbocycles. The molecule has 0 radical (unpaired) electrons. The smallest absolute Gasteiger partial charge is 0.106 e. The molecule has 0 unspecified atom stereocenters. The quantitative estimate of drug-likeness (QED) is 0.841. The maximum Gasteiger partial charge on any atom is 0.106 e. The highest BCUT2D eigenvalue weighted by atomic mass is 32.1. The second-order valence-corrected chi connectivity index (χ2v) is 5.92. The number of anilines is 2. The van der Waals surface area contributed by atoms with Crippen LogP contribution in [0.15, 0.2) is 17.6 Å². The number of fused-ring (bicyclic) bond motifs is 1. The molecule has 1 aromatic carbocycles. The first-order chi connectivity index (χ1) is 8.79. The van der Waals surface area contributed by atoms with E-state index < -0.39 is 0 Å². The molecule has 96 valence electrons. The molecule has 0 bridgehead atoms. The van der Waals surface area contributed by atoms with Crippen molar-refractivity contribution in [2.45, 2.75) is 26.2 Å². The van der Waals surface area contributed by atoms with E-state index in [9.17, 15) is 0 Å². The zero-order chi connectivity index (χ0) is 12.5. The molecule has 0 amide bonds. The van der Waals surface area contributed by atoms with E-state index in [0.29, 0.717) is 0 Å². The fourth-order valence-electron chi connectivity index (χ4n) is 2.80. The molecule has 18 heavy (non-hydrogen) atoms. The van der Waals surface area contributed by atoms with Crippen LogP contribution in [0.1, 0.15) is 26.2 Å². The maximum absolute atomic E-state index is 6.26. The van der Waals surface area contributed by atoms with Crippen molar-refractivity contribution >= 4 is 32.9 Å². The highest BCUT2D eigenvalue weighted by Gasteiger charge is 2.20. The third-order valence-electron chi connectivity index (χ3n) is 4.05. The van der Waals surface area contributed by atoms with E-state index in [2.05, 4.69) is 28.9 Å². The summed E-state index contributed by atoms with van der Waals surface area (Å²) >= 11 is 1.65. The minimum atomic E-state index is 0.851. The highest BCUT2D eigenvalue weighted by Crippen LogP contribution is 2.34. The van der Waals surface area contributed by atoms with Crippen molar-refractivity contribution in [1.29, 1.82) is 0 Å². The average Bonchev–Trinajstić information content (AvgIpc) is 2.89. The predicted molar refractivity (Wildman–Crippen MR) is 79.3 cm³/mol. The number of hydrogen-bond donors (Lipinski definition) is 1. The van der Waals surface area contributed by atoms with Crippen LogP contribution in [0.5, 0.6) is 0 Å². The van der Waals surface area contributed by atoms with Gasteiger partial charge in [-0.3, -0.25) is 0 Å². The van der Waals surface area contributed by atoms with Crippen molar-refractivity contribution in [1.82, 2.24) is 4.98 Å². The molecular weight excluding hydrogens is 242 g/mol. The molecule has 3 rings (SSSR count). The summed E-state index contributed by atoms with van der Waals surface area (Å²) in [6.45, 7) is 4.53. The Kier molecular flexibility index (Phi) is 3.12. The number of aromatic nitrogens is 1. The Morgan fingerprint density at radius 1 is 1.39 bits per heavy atom. The number of nitrogens with zero attached hydrogens (tertiary/aromatic N) is 2. The van der Waals surface area contributed by atoms with Crippen LogP contribution in [-0.4, -0.2) is 18.1 Å². The van der Waals surface area contributed by atoms with Gasteiger partial charge in [-0.25, -0.2) is 4.98 Å². The molecule has 3 nitrogen and oxygen atoms in total. The van der Waals surface area contributed by atoms with Gasteiger partial charge >= 0.3 is 0 Å². The maximum atomic E-state index is 6.26. The SMILES string of the molecule is CCC1CCN(c2ccc3scnc3c2N)CC1. The number of benzene rings is 1. The fraction of sp³-hybridized carbons (Fsp3) is 0.500. The zero-order valence-electron chi connectivity index (χ0n) is 10.7. The van der Waals surface area contributed by atoms with Crippen molar-refractivity contribution in [3.8, 4) is 0 Å². The van der Waals surface area contributed by atoms with Gasteiger partial charge in [0, 0.05) is 13.1 Å². The molecule has 2 N–H and O–H groups in total. The summed E-state index contributed by atoms with van der Waals surface area (Å²) < 4.78 is 1.18. The summed E-state index contributed by atoms with van der Waals surface area (Å²) in [6, 6.07) is 4.30. The van der Waals surface area contributed by atoms with Gasteiger partial charge in [0.25, 0.3) is 0 Å². The normalized spacial score (nSPS) is 17.5. The second-order valence-electron chi connectivity index (χ2n) is 5.04. The van der Waals surface area contributed by atoms with Crippen molar-refractivity contribution in [2.24, 2.45) is 5.92 Å². The van der Waals surface area contributed by atoms with Gasteiger partial charge in [0.1, 0.15) is 5.52 Å². The lowest BCUT2D eigenvalue weighted by Crippen LogP contribution is -2.33. The number of thiazole rings is 1. The van der Waals surface area contributed by atoms with E-state index in [1.165, 1.54) is 29.6 Å². The van der Waals surface area contributed by atoms with Gasteiger partial charge in [-0.05, 0) is 30.9 Å². The highest BCUT2D eigenvalue weighted by molar-refractivity contribution is 7.16. The summed E-state index contributed by atoms with van der Waals surface area (Å²) in [6.07, 6.45) is 3.87. The Hall–Kier alpha value is -1.29. The van der Waals surface area contributed by atoms with Crippen LogP contribution in [0.4, 0.5) is 11.4 Å². The average molecular weight is 261 g/mol. The zero-order valence-corrected chi connectivity index (χ0v) is 11.5. The number of hydrogen-bond acceptors (Lipinski definition) is 4.